The first-order valence-electron chi connectivity index (χ1n) is 5.11. The highest BCUT2D eigenvalue weighted by Gasteiger charge is 1.92. The van der Waals surface area contributed by atoms with Crippen LogP contribution in [0.25, 0.3) is 0 Å². The number of nitrogens with zero attached hydrogens (tertiary/aromatic N) is 1. The Bertz CT molecular complexity index is 145. The fraction of sp³-hybridized carbons (Fsp3) is 0.800. The first-order valence-corrected chi connectivity index (χ1v) is 5.11. The van der Waals surface area contributed by atoms with E-state index in [0.29, 0.717) is 12.4 Å². The molecule has 0 heterocycles. The predicted molar refractivity (Wildman–Crippen MR) is 61.2 cm³/mol. The quantitative estimate of drug-likeness (QED) is 0.427. The zero-order valence-corrected chi connectivity index (χ0v) is 10.5. The van der Waals surface area contributed by atoms with Crippen molar-refractivity contribution in [2.75, 3.05) is 6.61 Å². The average molecular weight is 204 g/mol. The molecule has 1 N–H and O–H groups in total. The van der Waals surface area contributed by atoms with Gasteiger partial charge < -0.3 is 10.2 Å². The number of carbonyl (C=O) groups is 1. The molecule has 0 unspecified atom stereocenters. The number of carbonyl (C=O) groups excluding carboxylic acids is 1. The van der Waals surface area contributed by atoms with E-state index in [-0.39, 0.29) is 5.91 Å². The van der Waals surface area contributed by atoms with Crippen LogP contribution in [0.4, 0.5) is 0 Å². The highest BCUT2D eigenvalue weighted by Crippen LogP contribution is 1.76. The van der Waals surface area contributed by atoms with Gasteiger partial charge in [-0.05, 0) is 13.8 Å². The van der Waals surface area contributed by atoms with Crippen molar-refractivity contribution >= 4 is 11.7 Å². The number of hydrogen-bond acceptors (Lipinski definition) is 3. The summed E-state index contributed by atoms with van der Waals surface area (Å²) in [5.74, 6) is 0.343. The molecule has 0 bridgehead atoms. The molecule has 1 amide bonds. The van der Waals surface area contributed by atoms with Crippen LogP contribution in [0.2, 0.25) is 0 Å². The molecule has 0 radical (unpaired) electrons. The van der Waals surface area contributed by atoms with E-state index < -0.39 is 0 Å². The van der Waals surface area contributed by atoms with E-state index in [4.69, 9.17) is 0 Å². The Hall–Kier alpha value is -1.06. The molecular formula is C10H24N2O2. The van der Waals surface area contributed by atoms with Crippen molar-refractivity contribution in [2.45, 2.75) is 48.5 Å². The first-order chi connectivity index (χ1) is 6.66. The van der Waals surface area contributed by atoms with E-state index in [2.05, 4.69) is 15.3 Å². The number of hydrogen-bond donors (Lipinski definition) is 1. The monoisotopic (exact) mass is 204 g/mol. The summed E-state index contributed by atoms with van der Waals surface area (Å²) in [7, 11) is 0. The molecule has 14 heavy (non-hydrogen) atoms. The Morgan fingerprint density at radius 3 is 1.93 bits per heavy atom. The van der Waals surface area contributed by atoms with Crippen LogP contribution in [-0.2, 0) is 9.63 Å². The topological polar surface area (TPSA) is 50.7 Å². The third kappa shape index (κ3) is 22.4. The summed E-state index contributed by atoms with van der Waals surface area (Å²) < 4.78 is 0. The lowest BCUT2D eigenvalue weighted by Gasteiger charge is -1.98. The van der Waals surface area contributed by atoms with Crippen LogP contribution in [0.15, 0.2) is 5.16 Å². The molecule has 0 aromatic heterocycles. The largest absolute Gasteiger partial charge is 0.395 e. The van der Waals surface area contributed by atoms with Gasteiger partial charge in [-0.15, -0.1) is 0 Å². The van der Waals surface area contributed by atoms with Crippen molar-refractivity contribution in [3.05, 3.63) is 0 Å². The summed E-state index contributed by atoms with van der Waals surface area (Å²) in [6.45, 7) is 13.4. The van der Waals surface area contributed by atoms with Gasteiger partial charge in [-0.3, -0.25) is 4.79 Å². The summed E-state index contributed by atoms with van der Waals surface area (Å²) in [6.07, 6.45) is 0. The molecule has 0 aliphatic rings. The van der Waals surface area contributed by atoms with E-state index >= 15 is 0 Å². The van der Waals surface area contributed by atoms with Gasteiger partial charge in [0.15, 0.2) is 0 Å². The molecule has 0 aromatic rings. The highest BCUT2D eigenvalue weighted by molar-refractivity contribution is 5.95. The molecule has 86 valence electrons. The van der Waals surface area contributed by atoms with Crippen LogP contribution in [0.1, 0.15) is 48.5 Å². The standard InChI is InChI=1S/C6H12N2O2.2C2H6/c1-4-10-8-5(2)7-6(3)9;2*1-2/h4H2,1-3H3,(H,7,8,9);2*1-2H3. The normalized spacial score (nSPS) is 8.64. The van der Waals surface area contributed by atoms with Crippen LogP contribution >= 0.6 is 0 Å². The molecule has 0 saturated carbocycles. The van der Waals surface area contributed by atoms with Gasteiger partial charge in [-0.1, -0.05) is 32.9 Å². The van der Waals surface area contributed by atoms with Crippen molar-refractivity contribution in [1.82, 2.24) is 5.32 Å². The minimum absolute atomic E-state index is 0.138. The minimum atomic E-state index is -0.138. The van der Waals surface area contributed by atoms with Crippen LogP contribution in [0.5, 0.6) is 0 Å². The number of amidine groups is 1. The Morgan fingerprint density at radius 2 is 1.64 bits per heavy atom. The van der Waals surface area contributed by atoms with E-state index in [1.54, 1.807) is 6.92 Å². The average Bonchev–Trinajstić information content (AvgIpc) is 2.20. The summed E-state index contributed by atoms with van der Waals surface area (Å²) in [6, 6.07) is 0. The summed E-state index contributed by atoms with van der Waals surface area (Å²) in [5.41, 5.74) is 0. The highest BCUT2D eigenvalue weighted by atomic mass is 16.6. The van der Waals surface area contributed by atoms with Crippen molar-refractivity contribution in [1.29, 1.82) is 0 Å². The second kappa shape index (κ2) is 17.9. The molecule has 0 aliphatic carbocycles. The third-order valence-electron chi connectivity index (χ3n) is 0.688. The Balaban J connectivity index is -0.000000266. The Labute approximate surface area is 87.7 Å². The maximum Gasteiger partial charge on any atom is 0.222 e. The lowest BCUT2D eigenvalue weighted by atomic mass is 10.6. The van der Waals surface area contributed by atoms with Gasteiger partial charge in [0.1, 0.15) is 12.4 Å². The van der Waals surface area contributed by atoms with Gasteiger partial charge >= 0.3 is 0 Å². The maximum absolute atomic E-state index is 10.4. The maximum atomic E-state index is 10.4. The van der Waals surface area contributed by atoms with Gasteiger partial charge in [0.2, 0.25) is 5.91 Å². The van der Waals surface area contributed by atoms with Crippen LogP contribution in [0, 0.1) is 0 Å². The Morgan fingerprint density at radius 1 is 1.21 bits per heavy atom. The second-order valence-electron chi connectivity index (χ2n) is 1.78. The lowest BCUT2D eigenvalue weighted by molar-refractivity contribution is -0.117. The van der Waals surface area contributed by atoms with Crippen molar-refractivity contribution in [3.63, 3.8) is 0 Å². The number of nitrogens with one attached hydrogen (secondary N) is 1. The van der Waals surface area contributed by atoms with Gasteiger partial charge in [0.05, 0.1) is 0 Å². The molecule has 0 atom stereocenters. The van der Waals surface area contributed by atoms with Crippen molar-refractivity contribution in [3.8, 4) is 0 Å². The van der Waals surface area contributed by atoms with Crippen molar-refractivity contribution < 1.29 is 9.63 Å². The fourth-order valence-corrected chi connectivity index (χ4v) is 0.439. The minimum Gasteiger partial charge on any atom is -0.395 e. The van der Waals surface area contributed by atoms with Crippen molar-refractivity contribution in [2.24, 2.45) is 5.16 Å². The molecule has 4 nitrogen and oxygen atoms in total. The summed E-state index contributed by atoms with van der Waals surface area (Å²) in [5, 5.41) is 6.03. The molecule has 0 saturated heterocycles. The summed E-state index contributed by atoms with van der Waals surface area (Å²) in [4.78, 5) is 15.0. The van der Waals surface area contributed by atoms with Gasteiger partial charge in [-0.25, -0.2) is 0 Å². The summed E-state index contributed by atoms with van der Waals surface area (Å²) >= 11 is 0. The fourth-order valence-electron chi connectivity index (χ4n) is 0.439. The smallest absolute Gasteiger partial charge is 0.222 e. The van der Waals surface area contributed by atoms with E-state index in [0.717, 1.165) is 0 Å². The molecule has 0 aromatic carbocycles. The third-order valence-corrected chi connectivity index (χ3v) is 0.688. The zero-order chi connectivity index (χ0) is 12.0. The predicted octanol–water partition coefficient (Wildman–Crippen LogP) is 2.54. The van der Waals surface area contributed by atoms with E-state index in [1.165, 1.54) is 6.92 Å². The molecule has 4 heteroatoms. The van der Waals surface area contributed by atoms with Crippen LogP contribution < -0.4 is 5.32 Å². The van der Waals surface area contributed by atoms with E-state index in [9.17, 15) is 4.79 Å². The van der Waals surface area contributed by atoms with Crippen LogP contribution in [-0.4, -0.2) is 18.3 Å². The SMILES string of the molecule is CC.CC.CCO/N=C(\C)NC(C)=O. The Kier molecular flexibility index (Phi) is 23.8. The van der Waals surface area contributed by atoms with Crippen LogP contribution in [0.3, 0.4) is 0 Å². The molecular weight excluding hydrogens is 180 g/mol. The first kappa shape index (κ1) is 18.7. The molecule has 0 rings (SSSR count). The van der Waals surface area contributed by atoms with Gasteiger partial charge in [-0.2, -0.15) is 0 Å². The molecule has 0 spiro atoms. The van der Waals surface area contributed by atoms with Gasteiger partial charge in [0.25, 0.3) is 0 Å². The zero-order valence-electron chi connectivity index (χ0n) is 10.5. The van der Waals surface area contributed by atoms with E-state index in [1.807, 2.05) is 34.6 Å². The number of amides is 1. The molecule has 0 fully saturated rings. The number of oxime groups is 1. The molecule has 0 aliphatic heterocycles. The lowest BCUT2D eigenvalue weighted by Crippen LogP contribution is -2.25. The van der Waals surface area contributed by atoms with Gasteiger partial charge in [0, 0.05) is 6.92 Å². The number of rotatable bonds is 2. The second-order valence-corrected chi connectivity index (χ2v) is 1.78.